The van der Waals surface area contributed by atoms with Crippen LogP contribution in [0.1, 0.15) is 29.0 Å². The number of halogens is 1. The van der Waals surface area contributed by atoms with Crippen LogP contribution in [0.4, 0.5) is 5.69 Å². The molecule has 1 N–H and O–H groups in total. The number of nitro benzene ring substituents is 1. The summed E-state index contributed by atoms with van der Waals surface area (Å²) >= 11 is 5.71. The molecule has 1 aromatic heterocycles. The van der Waals surface area contributed by atoms with Crippen LogP contribution in [0, 0.1) is 10.1 Å². The van der Waals surface area contributed by atoms with E-state index in [9.17, 15) is 14.9 Å². The van der Waals surface area contributed by atoms with Crippen LogP contribution in [0.3, 0.4) is 0 Å². The van der Waals surface area contributed by atoms with Gasteiger partial charge in [0.25, 0.3) is 11.6 Å². The number of nitrogens with one attached hydrogen (secondary N) is 1. The van der Waals surface area contributed by atoms with Gasteiger partial charge < -0.3 is 5.32 Å². The zero-order chi connectivity index (χ0) is 15.4. The summed E-state index contributed by atoms with van der Waals surface area (Å²) in [7, 11) is 0. The highest BCUT2D eigenvalue weighted by molar-refractivity contribution is 6.32. The molecule has 0 unspecified atom stereocenters. The third-order valence-electron chi connectivity index (χ3n) is 2.88. The van der Waals surface area contributed by atoms with Crippen molar-refractivity contribution in [1.29, 1.82) is 0 Å². The zero-order valence-electron chi connectivity index (χ0n) is 11.1. The number of aromatic nitrogens is 1. The first kappa shape index (κ1) is 14.9. The molecule has 0 aliphatic carbocycles. The Morgan fingerprint density at radius 3 is 2.76 bits per heavy atom. The van der Waals surface area contributed by atoms with Crippen LogP contribution < -0.4 is 5.32 Å². The number of benzene rings is 1. The van der Waals surface area contributed by atoms with E-state index in [1.54, 1.807) is 25.3 Å². The maximum atomic E-state index is 12.1. The predicted octanol–water partition coefficient (Wildman–Crippen LogP) is 3.13. The second-order valence-corrected chi connectivity index (χ2v) is 4.78. The average Bonchev–Trinajstić information content (AvgIpc) is 2.48. The first-order valence-electron chi connectivity index (χ1n) is 6.15. The van der Waals surface area contributed by atoms with E-state index in [0.717, 1.165) is 6.07 Å². The smallest absolute Gasteiger partial charge is 0.288 e. The van der Waals surface area contributed by atoms with E-state index >= 15 is 0 Å². The number of hydrogen-bond acceptors (Lipinski definition) is 4. The molecule has 7 heteroatoms. The van der Waals surface area contributed by atoms with Gasteiger partial charge in [-0.3, -0.25) is 19.9 Å². The Hall–Kier alpha value is -2.47. The first-order valence-corrected chi connectivity index (χ1v) is 6.52. The van der Waals surface area contributed by atoms with E-state index in [0.29, 0.717) is 5.69 Å². The molecule has 0 spiro atoms. The van der Waals surface area contributed by atoms with Gasteiger partial charge >= 0.3 is 0 Å². The fourth-order valence-corrected chi connectivity index (χ4v) is 1.97. The zero-order valence-corrected chi connectivity index (χ0v) is 11.9. The predicted molar refractivity (Wildman–Crippen MR) is 78.2 cm³/mol. The largest absolute Gasteiger partial charge is 0.344 e. The molecule has 0 aliphatic rings. The van der Waals surface area contributed by atoms with Crippen molar-refractivity contribution in [2.24, 2.45) is 0 Å². The second kappa shape index (κ2) is 6.32. The molecular formula is C14H12ClN3O3. The molecule has 6 nitrogen and oxygen atoms in total. The lowest BCUT2D eigenvalue weighted by Crippen LogP contribution is -2.27. The fraction of sp³-hybridized carbons (Fsp3) is 0.143. The minimum Gasteiger partial charge on any atom is -0.344 e. The molecule has 1 heterocycles. The average molecular weight is 306 g/mol. The molecular weight excluding hydrogens is 294 g/mol. The third kappa shape index (κ3) is 3.55. The maximum Gasteiger partial charge on any atom is 0.288 e. The SMILES string of the molecule is C[C@@H](NC(=O)c1ccc(Cl)c([N+](=O)[O-])c1)c1ccccn1. The topological polar surface area (TPSA) is 85.1 Å². The van der Waals surface area contributed by atoms with Crippen molar-refractivity contribution in [2.75, 3.05) is 0 Å². The summed E-state index contributed by atoms with van der Waals surface area (Å²) in [6.07, 6.45) is 1.63. The van der Waals surface area contributed by atoms with Crippen LogP contribution >= 0.6 is 11.6 Å². The monoisotopic (exact) mass is 305 g/mol. The molecule has 1 aromatic carbocycles. The summed E-state index contributed by atoms with van der Waals surface area (Å²) in [5.41, 5.74) is 0.581. The maximum absolute atomic E-state index is 12.1. The Morgan fingerprint density at radius 2 is 2.14 bits per heavy atom. The Balaban J connectivity index is 2.17. The quantitative estimate of drug-likeness (QED) is 0.694. The van der Waals surface area contributed by atoms with Crippen LogP contribution in [0.2, 0.25) is 5.02 Å². The minimum atomic E-state index is -0.624. The van der Waals surface area contributed by atoms with Crippen molar-refractivity contribution in [3.63, 3.8) is 0 Å². The van der Waals surface area contributed by atoms with E-state index in [-0.39, 0.29) is 22.3 Å². The van der Waals surface area contributed by atoms with Gasteiger partial charge in [-0.05, 0) is 31.2 Å². The van der Waals surface area contributed by atoms with E-state index < -0.39 is 10.8 Å². The molecule has 0 saturated carbocycles. The lowest BCUT2D eigenvalue weighted by Gasteiger charge is -2.13. The molecule has 108 valence electrons. The number of rotatable bonds is 4. The summed E-state index contributed by atoms with van der Waals surface area (Å²) < 4.78 is 0. The molecule has 0 radical (unpaired) electrons. The van der Waals surface area contributed by atoms with Gasteiger partial charge in [-0.25, -0.2) is 0 Å². The summed E-state index contributed by atoms with van der Waals surface area (Å²) in [5.74, 6) is -0.423. The van der Waals surface area contributed by atoms with Gasteiger partial charge in [0.1, 0.15) is 5.02 Å². The number of pyridine rings is 1. The summed E-state index contributed by atoms with van der Waals surface area (Å²) in [6, 6.07) is 9.00. The normalized spacial score (nSPS) is 11.7. The van der Waals surface area contributed by atoms with Gasteiger partial charge in [-0.1, -0.05) is 17.7 Å². The Bertz CT molecular complexity index is 676. The van der Waals surface area contributed by atoms with Crippen LogP contribution in [-0.2, 0) is 0 Å². The molecule has 0 bridgehead atoms. The lowest BCUT2D eigenvalue weighted by atomic mass is 10.1. The van der Waals surface area contributed by atoms with E-state index in [4.69, 9.17) is 11.6 Å². The summed E-state index contributed by atoms with van der Waals surface area (Å²) in [6.45, 7) is 1.78. The van der Waals surface area contributed by atoms with Gasteiger partial charge in [0.15, 0.2) is 0 Å². The Morgan fingerprint density at radius 1 is 1.38 bits per heavy atom. The number of hydrogen-bond donors (Lipinski definition) is 1. The van der Waals surface area contributed by atoms with Gasteiger partial charge in [-0.15, -0.1) is 0 Å². The van der Waals surface area contributed by atoms with Gasteiger partial charge in [0.05, 0.1) is 16.7 Å². The number of nitrogens with zero attached hydrogens (tertiary/aromatic N) is 2. The summed E-state index contributed by atoms with van der Waals surface area (Å²) in [5, 5.41) is 13.5. The van der Waals surface area contributed by atoms with Crippen LogP contribution in [0.15, 0.2) is 42.6 Å². The van der Waals surface area contributed by atoms with Crippen LogP contribution in [0.5, 0.6) is 0 Å². The molecule has 21 heavy (non-hydrogen) atoms. The highest BCUT2D eigenvalue weighted by Crippen LogP contribution is 2.25. The summed E-state index contributed by atoms with van der Waals surface area (Å²) in [4.78, 5) is 26.4. The molecule has 2 aromatic rings. The van der Waals surface area contributed by atoms with Gasteiger partial charge in [0, 0.05) is 17.8 Å². The van der Waals surface area contributed by atoms with Gasteiger partial charge in [0.2, 0.25) is 0 Å². The Kier molecular flexibility index (Phi) is 4.49. The van der Waals surface area contributed by atoms with Crippen molar-refractivity contribution in [2.45, 2.75) is 13.0 Å². The number of nitro groups is 1. The van der Waals surface area contributed by atoms with Crippen molar-refractivity contribution in [1.82, 2.24) is 10.3 Å². The molecule has 1 amide bonds. The molecule has 2 rings (SSSR count). The molecule has 0 fully saturated rings. The number of amides is 1. The third-order valence-corrected chi connectivity index (χ3v) is 3.20. The van der Waals surface area contributed by atoms with E-state index in [1.165, 1.54) is 12.1 Å². The fourth-order valence-electron chi connectivity index (χ4n) is 1.78. The van der Waals surface area contributed by atoms with Crippen LogP contribution in [-0.4, -0.2) is 15.8 Å². The van der Waals surface area contributed by atoms with Crippen LogP contribution in [0.25, 0.3) is 0 Å². The van der Waals surface area contributed by atoms with E-state index in [2.05, 4.69) is 10.3 Å². The van der Waals surface area contributed by atoms with Crippen molar-refractivity contribution in [3.05, 3.63) is 69.0 Å². The highest BCUT2D eigenvalue weighted by Gasteiger charge is 2.18. The molecule has 0 saturated heterocycles. The van der Waals surface area contributed by atoms with E-state index in [1.807, 2.05) is 6.07 Å². The lowest BCUT2D eigenvalue weighted by molar-refractivity contribution is -0.384. The minimum absolute atomic E-state index is 0.00526. The number of carbonyl (C=O) groups excluding carboxylic acids is 1. The first-order chi connectivity index (χ1) is 9.99. The Labute approximate surface area is 125 Å². The van der Waals surface area contributed by atoms with Gasteiger partial charge in [-0.2, -0.15) is 0 Å². The second-order valence-electron chi connectivity index (χ2n) is 4.37. The molecule has 1 atom stereocenters. The van der Waals surface area contributed by atoms with Crippen molar-refractivity contribution < 1.29 is 9.72 Å². The van der Waals surface area contributed by atoms with Crippen molar-refractivity contribution >= 4 is 23.2 Å². The highest BCUT2D eigenvalue weighted by atomic mass is 35.5. The molecule has 0 aliphatic heterocycles. The number of carbonyl (C=O) groups is 1. The standard InChI is InChI=1S/C14H12ClN3O3/c1-9(12-4-2-3-7-16-12)17-14(19)10-5-6-11(15)13(8-10)18(20)21/h2-9H,1H3,(H,17,19)/t9-/m1/s1. The van der Waals surface area contributed by atoms with Crippen molar-refractivity contribution in [3.8, 4) is 0 Å².